The van der Waals surface area contributed by atoms with Crippen LogP contribution >= 0.6 is 0 Å². The van der Waals surface area contributed by atoms with Crippen LogP contribution in [-0.2, 0) is 21.0 Å². The first-order valence-electron chi connectivity index (χ1n) is 9.28. The van der Waals surface area contributed by atoms with Gasteiger partial charge in [-0.3, -0.25) is 4.79 Å². The highest BCUT2D eigenvalue weighted by Crippen LogP contribution is 2.34. The van der Waals surface area contributed by atoms with Gasteiger partial charge in [-0.15, -0.1) is 5.06 Å². The third-order valence-corrected chi connectivity index (χ3v) is 4.82. The molecule has 2 aromatic rings. The molecule has 1 aliphatic heterocycles. The number of carbonyl (C=O) groups is 2. The number of nitrogens with one attached hydrogen (secondary N) is 1. The lowest BCUT2D eigenvalue weighted by Gasteiger charge is -2.38. The number of nitrogens with zero attached hydrogens (tertiary/aromatic N) is 1. The number of rotatable bonds is 5. The van der Waals surface area contributed by atoms with E-state index in [2.05, 4.69) is 10.2 Å². The van der Waals surface area contributed by atoms with E-state index >= 15 is 0 Å². The molecule has 1 heterocycles. The maximum Gasteiger partial charge on any atom is 0.492 e. The summed E-state index contributed by atoms with van der Waals surface area (Å²) < 4.78 is 38.2. The second-order valence-electron chi connectivity index (χ2n) is 6.82. The lowest BCUT2D eigenvalue weighted by molar-refractivity contribution is -0.250. The molecule has 0 spiro atoms. The third-order valence-electron chi connectivity index (χ3n) is 4.82. The Morgan fingerprint density at radius 3 is 2.28 bits per heavy atom. The standard InChI is InChI=1S/C21H21F3N2O3/c22-21(23,24)20(28)29-26-13-7-12-17(16-10-5-2-6-11-16)18(26)19(27)25-14-15-8-3-1-4-9-15/h1-6,8-11,17-18H,7,12-14H2,(H,25,27). The fourth-order valence-electron chi connectivity index (χ4n) is 3.48. The molecule has 3 rings (SSSR count). The molecule has 1 amide bonds. The molecule has 0 radical (unpaired) electrons. The molecule has 2 unspecified atom stereocenters. The summed E-state index contributed by atoms with van der Waals surface area (Å²) in [7, 11) is 0. The van der Waals surface area contributed by atoms with Crippen molar-refractivity contribution in [3.05, 3.63) is 71.8 Å². The summed E-state index contributed by atoms with van der Waals surface area (Å²) in [5.74, 6) is -3.22. The van der Waals surface area contributed by atoms with Crippen molar-refractivity contribution in [3.63, 3.8) is 0 Å². The molecular weight excluding hydrogens is 385 g/mol. The van der Waals surface area contributed by atoms with E-state index in [0.717, 1.165) is 16.2 Å². The Morgan fingerprint density at radius 1 is 1.03 bits per heavy atom. The van der Waals surface area contributed by atoms with Crippen LogP contribution in [0.2, 0.25) is 0 Å². The number of hydrogen-bond acceptors (Lipinski definition) is 4. The number of hydroxylamine groups is 2. The predicted molar refractivity (Wildman–Crippen MR) is 99.3 cm³/mol. The van der Waals surface area contributed by atoms with Crippen molar-refractivity contribution in [2.75, 3.05) is 6.54 Å². The predicted octanol–water partition coefficient (Wildman–Crippen LogP) is 3.57. The smallest absolute Gasteiger partial charge is 0.360 e. The lowest BCUT2D eigenvalue weighted by atomic mass is 9.84. The quantitative estimate of drug-likeness (QED) is 0.825. The minimum absolute atomic E-state index is 0.0502. The van der Waals surface area contributed by atoms with Crippen molar-refractivity contribution in [2.45, 2.75) is 37.5 Å². The normalized spacial score (nSPS) is 20.1. The molecule has 1 fully saturated rings. The molecule has 5 nitrogen and oxygen atoms in total. The summed E-state index contributed by atoms with van der Waals surface area (Å²) in [5, 5.41) is 3.63. The second kappa shape index (κ2) is 9.09. The van der Waals surface area contributed by atoms with Gasteiger partial charge < -0.3 is 10.2 Å². The SMILES string of the molecule is O=C(NCc1ccccc1)C1C(c2ccccc2)CCCN1OC(=O)C(F)(F)F. The van der Waals surface area contributed by atoms with Gasteiger partial charge in [0, 0.05) is 19.0 Å². The van der Waals surface area contributed by atoms with Gasteiger partial charge in [0.2, 0.25) is 5.91 Å². The van der Waals surface area contributed by atoms with Crippen LogP contribution in [-0.4, -0.2) is 35.7 Å². The Balaban J connectivity index is 1.82. The van der Waals surface area contributed by atoms with Gasteiger partial charge in [-0.1, -0.05) is 60.7 Å². The van der Waals surface area contributed by atoms with E-state index in [4.69, 9.17) is 0 Å². The highest BCUT2D eigenvalue weighted by atomic mass is 19.4. The van der Waals surface area contributed by atoms with Crippen LogP contribution in [0.15, 0.2) is 60.7 Å². The third kappa shape index (κ3) is 5.35. The zero-order valence-corrected chi connectivity index (χ0v) is 15.6. The van der Waals surface area contributed by atoms with Crippen LogP contribution in [0.5, 0.6) is 0 Å². The summed E-state index contributed by atoms with van der Waals surface area (Å²) in [4.78, 5) is 29.0. The summed E-state index contributed by atoms with van der Waals surface area (Å²) in [5.41, 5.74) is 1.66. The molecule has 8 heteroatoms. The Morgan fingerprint density at radius 2 is 1.66 bits per heavy atom. The highest BCUT2D eigenvalue weighted by molar-refractivity contribution is 5.83. The molecular formula is C21H21F3N2O3. The van der Waals surface area contributed by atoms with Crippen LogP contribution in [0.4, 0.5) is 13.2 Å². The maximum atomic E-state index is 13.0. The molecule has 1 aliphatic rings. The molecule has 2 atom stereocenters. The number of piperidine rings is 1. The molecule has 1 N–H and O–H groups in total. The monoisotopic (exact) mass is 406 g/mol. The fraction of sp³-hybridized carbons (Fsp3) is 0.333. The fourth-order valence-corrected chi connectivity index (χ4v) is 3.48. The van der Waals surface area contributed by atoms with Crippen molar-refractivity contribution in [1.29, 1.82) is 0 Å². The van der Waals surface area contributed by atoms with E-state index in [1.807, 2.05) is 48.5 Å². The Hall–Kier alpha value is -2.87. The van der Waals surface area contributed by atoms with E-state index in [-0.39, 0.29) is 13.1 Å². The summed E-state index contributed by atoms with van der Waals surface area (Å²) in [6.07, 6.45) is -4.05. The molecule has 0 saturated carbocycles. The van der Waals surface area contributed by atoms with Gasteiger partial charge in [0.25, 0.3) is 0 Å². The topological polar surface area (TPSA) is 58.6 Å². The van der Waals surface area contributed by atoms with Crippen molar-refractivity contribution in [3.8, 4) is 0 Å². The van der Waals surface area contributed by atoms with Gasteiger partial charge in [0.1, 0.15) is 6.04 Å². The number of benzene rings is 2. The van der Waals surface area contributed by atoms with Gasteiger partial charge >= 0.3 is 12.1 Å². The summed E-state index contributed by atoms with van der Waals surface area (Å²) in [6.45, 7) is 0.271. The van der Waals surface area contributed by atoms with Crippen molar-refractivity contribution >= 4 is 11.9 Å². The minimum atomic E-state index is -5.13. The Bertz CT molecular complexity index is 828. The van der Waals surface area contributed by atoms with Gasteiger partial charge in [-0.2, -0.15) is 13.2 Å². The van der Waals surface area contributed by atoms with Gasteiger partial charge in [0.15, 0.2) is 0 Å². The van der Waals surface area contributed by atoms with Crippen LogP contribution in [0.3, 0.4) is 0 Å². The number of alkyl halides is 3. The van der Waals surface area contributed by atoms with Gasteiger partial charge in [-0.25, -0.2) is 4.79 Å². The molecule has 0 bridgehead atoms. The minimum Gasteiger partial charge on any atom is -0.360 e. The first kappa shape index (κ1) is 20.9. The van der Waals surface area contributed by atoms with Gasteiger partial charge in [-0.05, 0) is 24.0 Å². The highest BCUT2D eigenvalue weighted by Gasteiger charge is 2.46. The van der Waals surface area contributed by atoms with E-state index in [0.29, 0.717) is 12.8 Å². The number of carbonyl (C=O) groups excluding carboxylic acids is 2. The Labute approximate surface area is 166 Å². The first-order valence-corrected chi connectivity index (χ1v) is 9.28. The van der Waals surface area contributed by atoms with Crippen LogP contribution in [0.25, 0.3) is 0 Å². The van der Waals surface area contributed by atoms with E-state index < -0.39 is 30.0 Å². The average molecular weight is 406 g/mol. The van der Waals surface area contributed by atoms with E-state index in [9.17, 15) is 22.8 Å². The molecule has 0 aromatic heterocycles. The molecule has 2 aromatic carbocycles. The van der Waals surface area contributed by atoms with Crippen LogP contribution in [0, 0.1) is 0 Å². The van der Waals surface area contributed by atoms with Crippen LogP contribution < -0.4 is 5.32 Å². The van der Waals surface area contributed by atoms with Crippen molar-refractivity contribution in [1.82, 2.24) is 10.4 Å². The maximum absolute atomic E-state index is 13.0. The largest absolute Gasteiger partial charge is 0.492 e. The average Bonchev–Trinajstić information content (AvgIpc) is 2.72. The number of amides is 1. The first-order chi connectivity index (χ1) is 13.9. The number of hydrogen-bond donors (Lipinski definition) is 1. The van der Waals surface area contributed by atoms with Crippen LogP contribution in [0.1, 0.15) is 29.9 Å². The Kier molecular flexibility index (Phi) is 6.53. The van der Waals surface area contributed by atoms with Gasteiger partial charge in [0.05, 0.1) is 0 Å². The summed E-state index contributed by atoms with van der Waals surface area (Å²) in [6, 6.07) is 17.2. The van der Waals surface area contributed by atoms with E-state index in [1.54, 1.807) is 12.1 Å². The zero-order valence-electron chi connectivity index (χ0n) is 15.6. The zero-order chi connectivity index (χ0) is 20.9. The lowest BCUT2D eigenvalue weighted by Crippen LogP contribution is -2.54. The van der Waals surface area contributed by atoms with Crippen molar-refractivity contribution in [2.24, 2.45) is 0 Å². The van der Waals surface area contributed by atoms with Crippen molar-refractivity contribution < 1.29 is 27.6 Å². The molecule has 154 valence electrons. The van der Waals surface area contributed by atoms with E-state index in [1.165, 1.54) is 0 Å². The molecule has 1 saturated heterocycles. The second-order valence-corrected chi connectivity index (χ2v) is 6.82. The number of halogens is 3. The summed E-state index contributed by atoms with van der Waals surface area (Å²) >= 11 is 0. The molecule has 0 aliphatic carbocycles. The molecule has 29 heavy (non-hydrogen) atoms.